The molecule has 0 saturated carbocycles. The molecular formula is C4H8Cl2O2S. The summed E-state index contributed by atoms with van der Waals surface area (Å²) in [5.74, 6) is 0.541. The van der Waals surface area contributed by atoms with E-state index in [1.165, 1.54) is 0 Å². The van der Waals surface area contributed by atoms with Crippen LogP contribution in [-0.4, -0.2) is 25.8 Å². The zero-order valence-electron chi connectivity index (χ0n) is 4.72. The first-order chi connectivity index (χ1) is 4.16. The largest absolute Gasteiger partial charge is 0.306 e. The number of hydrogen-bond donors (Lipinski definition) is 1. The van der Waals surface area contributed by atoms with Gasteiger partial charge in [0.1, 0.15) is 0 Å². The first kappa shape index (κ1) is 9.69. The highest BCUT2D eigenvalue weighted by Crippen LogP contribution is 2.03. The Morgan fingerprint density at radius 1 is 1.67 bits per heavy atom. The second-order valence-corrected chi connectivity index (χ2v) is 3.53. The Bertz CT molecular complexity index is 98.6. The topological polar surface area (TPSA) is 37.3 Å². The average Bonchev–Trinajstić information content (AvgIpc) is 1.63. The van der Waals surface area contributed by atoms with E-state index in [0.29, 0.717) is 12.3 Å². The summed E-state index contributed by atoms with van der Waals surface area (Å²) in [6.45, 7) is 0. The molecule has 0 spiro atoms. The lowest BCUT2D eigenvalue weighted by Gasteiger charge is -2.01. The van der Waals surface area contributed by atoms with Crippen molar-refractivity contribution in [3.8, 4) is 0 Å². The molecule has 0 saturated heterocycles. The van der Waals surface area contributed by atoms with Crippen LogP contribution in [0.4, 0.5) is 0 Å². The van der Waals surface area contributed by atoms with E-state index in [9.17, 15) is 4.21 Å². The molecule has 5 heteroatoms. The van der Waals surface area contributed by atoms with Gasteiger partial charge in [0.2, 0.25) is 0 Å². The molecule has 0 bridgehead atoms. The van der Waals surface area contributed by atoms with Gasteiger partial charge in [-0.3, -0.25) is 0 Å². The SMILES string of the molecule is O=S(O)CC(Cl)CCCl. The lowest BCUT2D eigenvalue weighted by atomic mass is 10.4. The molecule has 0 aromatic carbocycles. The lowest BCUT2D eigenvalue weighted by Crippen LogP contribution is -2.10. The highest BCUT2D eigenvalue weighted by atomic mass is 35.5. The molecule has 0 aliphatic heterocycles. The highest BCUT2D eigenvalue weighted by Gasteiger charge is 2.05. The molecule has 0 radical (unpaired) electrons. The van der Waals surface area contributed by atoms with Crippen molar-refractivity contribution in [3.63, 3.8) is 0 Å². The molecule has 56 valence electrons. The van der Waals surface area contributed by atoms with Crippen molar-refractivity contribution < 1.29 is 8.76 Å². The molecule has 2 nitrogen and oxygen atoms in total. The van der Waals surface area contributed by atoms with Crippen molar-refractivity contribution in [2.24, 2.45) is 0 Å². The van der Waals surface area contributed by atoms with Crippen LogP contribution in [0.2, 0.25) is 0 Å². The van der Waals surface area contributed by atoms with Crippen molar-refractivity contribution in [2.75, 3.05) is 11.6 Å². The molecule has 0 fully saturated rings. The second-order valence-electron chi connectivity index (χ2n) is 1.56. The minimum absolute atomic E-state index is 0.105. The van der Waals surface area contributed by atoms with Gasteiger partial charge >= 0.3 is 0 Å². The molecular weight excluding hydrogens is 183 g/mol. The van der Waals surface area contributed by atoms with Gasteiger partial charge in [-0.1, -0.05) is 0 Å². The van der Waals surface area contributed by atoms with Crippen LogP contribution in [-0.2, 0) is 11.1 Å². The van der Waals surface area contributed by atoms with Gasteiger partial charge in [0.05, 0.1) is 5.75 Å². The fraction of sp³-hybridized carbons (Fsp3) is 1.00. The average molecular weight is 191 g/mol. The molecule has 0 heterocycles. The minimum atomic E-state index is -1.79. The molecule has 1 N–H and O–H groups in total. The van der Waals surface area contributed by atoms with Crippen LogP contribution in [0.25, 0.3) is 0 Å². The summed E-state index contributed by atoms with van der Waals surface area (Å²) < 4.78 is 18.4. The van der Waals surface area contributed by atoms with Crippen molar-refractivity contribution in [1.29, 1.82) is 0 Å². The Labute approximate surface area is 66.8 Å². The number of rotatable bonds is 4. The maximum atomic E-state index is 10.1. The van der Waals surface area contributed by atoms with E-state index >= 15 is 0 Å². The molecule has 9 heavy (non-hydrogen) atoms. The fourth-order valence-electron chi connectivity index (χ4n) is 0.356. The first-order valence-electron chi connectivity index (χ1n) is 2.44. The van der Waals surface area contributed by atoms with E-state index in [1.807, 2.05) is 0 Å². The first-order valence-corrected chi connectivity index (χ1v) is 4.69. The number of hydrogen-bond acceptors (Lipinski definition) is 1. The van der Waals surface area contributed by atoms with E-state index in [-0.39, 0.29) is 11.1 Å². The van der Waals surface area contributed by atoms with Gasteiger partial charge in [0.15, 0.2) is 11.1 Å². The molecule has 2 unspecified atom stereocenters. The molecule has 0 aliphatic rings. The normalized spacial score (nSPS) is 17.2. The maximum absolute atomic E-state index is 10.1. The van der Waals surface area contributed by atoms with Gasteiger partial charge in [-0.15, -0.1) is 23.2 Å². The summed E-state index contributed by atoms with van der Waals surface area (Å²) in [7, 11) is 0. The van der Waals surface area contributed by atoms with Crippen LogP contribution in [0.1, 0.15) is 6.42 Å². The van der Waals surface area contributed by atoms with E-state index in [4.69, 9.17) is 27.8 Å². The van der Waals surface area contributed by atoms with Crippen LogP contribution in [0, 0.1) is 0 Å². The summed E-state index contributed by atoms with van der Waals surface area (Å²) in [5.41, 5.74) is 0. The van der Waals surface area contributed by atoms with Gasteiger partial charge in [-0.05, 0) is 6.42 Å². The van der Waals surface area contributed by atoms with Crippen molar-refractivity contribution in [1.82, 2.24) is 0 Å². The van der Waals surface area contributed by atoms with Crippen LogP contribution in [0.5, 0.6) is 0 Å². The zero-order chi connectivity index (χ0) is 7.28. The van der Waals surface area contributed by atoms with Gasteiger partial charge < -0.3 is 4.55 Å². The van der Waals surface area contributed by atoms with Crippen LogP contribution < -0.4 is 0 Å². The summed E-state index contributed by atoms with van der Waals surface area (Å²) in [6.07, 6.45) is 0.579. The van der Waals surface area contributed by atoms with Crippen molar-refractivity contribution in [3.05, 3.63) is 0 Å². The third-order valence-electron chi connectivity index (χ3n) is 0.746. The predicted molar refractivity (Wildman–Crippen MR) is 40.6 cm³/mol. The van der Waals surface area contributed by atoms with E-state index in [2.05, 4.69) is 0 Å². The maximum Gasteiger partial charge on any atom is 0.154 e. The molecule has 0 rings (SSSR count). The van der Waals surface area contributed by atoms with Gasteiger partial charge in [-0.2, -0.15) is 0 Å². The Morgan fingerprint density at radius 3 is 2.56 bits per heavy atom. The van der Waals surface area contributed by atoms with E-state index < -0.39 is 11.1 Å². The van der Waals surface area contributed by atoms with Crippen LogP contribution >= 0.6 is 23.2 Å². The molecule has 0 amide bonds. The van der Waals surface area contributed by atoms with Crippen LogP contribution in [0.15, 0.2) is 0 Å². The lowest BCUT2D eigenvalue weighted by molar-refractivity contribution is 0.562. The minimum Gasteiger partial charge on any atom is -0.306 e. The Hall–Kier alpha value is 0.690. The Kier molecular flexibility index (Phi) is 5.89. The summed E-state index contributed by atoms with van der Waals surface area (Å²) >= 11 is 9.07. The van der Waals surface area contributed by atoms with Crippen molar-refractivity contribution in [2.45, 2.75) is 11.8 Å². The monoisotopic (exact) mass is 190 g/mol. The Balaban J connectivity index is 3.26. The van der Waals surface area contributed by atoms with Gasteiger partial charge in [0.25, 0.3) is 0 Å². The van der Waals surface area contributed by atoms with Crippen LogP contribution in [0.3, 0.4) is 0 Å². The quantitative estimate of drug-likeness (QED) is 0.539. The van der Waals surface area contributed by atoms with E-state index in [0.717, 1.165) is 0 Å². The second kappa shape index (κ2) is 5.47. The fourth-order valence-corrected chi connectivity index (χ4v) is 1.64. The van der Waals surface area contributed by atoms with Gasteiger partial charge in [-0.25, -0.2) is 4.21 Å². The Morgan fingerprint density at radius 2 is 2.22 bits per heavy atom. The number of alkyl halides is 2. The number of halogens is 2. The highest BCUT2D eigenvalue weighted by molar-refractivity contribution is 7.79. The summed E-state index contributed by atoms with van der Waals surface area (Å²) in [4.78, 5) is 0. The zero-order valence-corrected chi connectivity index (χ0v) is 7.05. The summed E-state index contributed by atoms with van der Waals surface area (Å²) in [5, 5.41) is -0.270. The third-order valence-corrected chi connectivity index (χ3v) is 2.21. The molecule has 0 aliphatic carbocycles. The molecule has 0 aromatic heterocycles. The summed E-state index contributed by atoms with van der Waals surface area (Å²) in [6, 6.07) is 0. The predicted octanol–water partition coefficient (Wildman–Crippen LogP) is 1.44. The van der Waals surface area contributed by atoms with E-state index in [1.54, 1.807) is 0 Å². The smallest absolute Gasteiger partial charge is 0.154 e. The third kappa shape index (κ3) is 6.58. The molecule has 2 atom stereocenters. The standard InChI is InChI=1S/C4H8Cl2O2S/c5-2-1-4(6)3-9(7)8/h4H,1-3H2,(H,7,8). The van der Waals surface area contributed by atoms with Crippen molar-refractivity contribution >= 4 is 34.3 Å². The van der Waals surface area contributed by atoms with Gasteiger partial charge in [0, 0.05) is 11.3 Å². The molecule has 0 aromatic rings.